The third-order valence-corrected chi connectivity index (χ3v) is 11.7. The number of allylic oxidation sites excluding steroid dienone is 8. The lowest BCUT2D eigenvalue weighted by atomic mass is 10.0. The van der Waals surface area contributed by atoms with Crippen LogP contribution in [0.15, 0.2) is 48.6 Å². The minimum Gasteiger partial charge on any atom is -0.457 e. The van der Waals surface area contributed by atoms with Crippen LogP contribution in [0.5, 0.6) is 0 Å². The second-order valence-electron chi connectivity index (χ2n) is 16.7. The fourth-order valence-corrected chi connectivity index (χ4v) is 7.76. The molecule has 2 unspecified atom stereocenters. The van der Waals surface area contributed by atoms with Crippen molar-refractivity contribution in [3.05, 3.63) is 48.6 Å². The SMILES string of the molecule is CCCCC/C=C\C/C=C\CCCCCCCCCC(=O)OC(COCCCCCCCCCCCCCC/C=C\C/C=C\CCCCCCC)COP(=O)(O)OCCN. The molecule has 0 fully saturated rings. The summed E-state index contributed by atoms with van der Waals surface area (Å²) in [6, 6.07) is 0. The van der Waals surface area contributed by atoms with E-state index >= 15 is 0 Å². The van der Waals surface area contributed by atoms with Crippen molar-refractivity contribution in [3.63, 3.8) is 0 Å². The molecule has 0 saturated heterocycles. The number of unbranched alkanes of at least 4 members (excludes halogenated alkanes) is 27. The van der Waals surface area contributed by atoms with Crippen molar-refractivity contribution in [2.24, 2.45) is 5.73 Å². The maximum absolute atomic E-state index is 12.6. The summed E-state index contributed by atoms with van der Waals surface area (Å²) in [7, 11) is -4.28. The summed E-state index contributed by atoms with van der Waals surface area (Å²) in [5.74, 6) is -0.337. The molecule has 2 atom stereocenters. The van der Waals surface area contributed by atoms with Crippen LogP contribution in [0.4, 0.5) is 0 Å². The highest BCUT2D eigenvalue weighted by Gasteiger charge is 2.25. The van der Waals surface area contributed by atoms with Gasteiger partial charge in [-0.3, -0.25) is 13.8 Å². The number of hydrogen-bond acceptors (Lipinski definition) is 7. The highest BCUT2D eigenvalue weighted by molar-refractivity contribution is 7.47. The van der Waals surface area contributed by atoms with Gasteiger partial charge in [-0.25, -0.2) is 4.57 Å². The molecule has 0 radical (unpaired) electrons. The third-order valence-electron chi connectivity index (χ3n) is 10.7. The van der Waals surface area contributed by atoms with Gasteiger partial charge in [-0.05, 0) is 77.0 Å². The number of phosphoric ester groups is 1. The van der Waals surface area contributed by atoms with Gasteiger partial charge in [0.25, 0.3) is 0 Å². The summed E-state index contributed by atoms with van der Waals surface area (Å²) in [5, 5.41) is 0. The predicted octanol–water partition coefficient (Wildman–Crippen LogP) is 15.5. The van der Waals surface area contributed by atoms with E-state index in [9.17, 15) is 14.3 Å². The van der Waals surface area contributed by atoms with Crippen molar-refractivity contribution in [2.75, 3.05) is 33.0 Å². The molecule has 9 heteroatoms. The average Bonchev–Trinajstić information content (AvgIpc) is 3.24. The van der Waals surface area contributed by atoms with E-state index in [-0.39, 0.29) is 32.3 Å². The summed E-state index contributed by atoms with van der Waals surface area (Å²) < 4.78 is 33.6. The molecule has 0 bridgehead atoms. The fraction of sp³-hybridized carbons (Fsp3) is 0.824. The van der Waals surface area contributed by atoms with Gasteiger partial charge in [-0.2, -0.15) is 0 Å². The topological polar surface area (TPSA) is 117 Å². The van der Waals surface area contributed by atoms with Gasteiger partial charge in [-0.15, -0.1) is 0 Å². The predicted molar refractivity (Wildman–Crippen MR) is 256 cm³/mol. The highest BCUT2D eigenvalue weighted by atomic mass is 31.2. The van der Waals surface area contributed by atoms with Crippen molar-refractivity contribution in [1.29, 1.82) is 0 Å². The van der Waals surface area contributed by atoms with Crippen LogP contribution in [0.3, 0.4) is 0 Å². The Bertz CT molecular complexity index is 1060. The number of carbonyl (C=O) groups is 1. The molecule has 0 aromatic heterocycles. The number of phosphoric acid groups is 1. The molecule has 0 saturated carbocycles. The molecule has 60 heavy (non-hydrogen) atoms. The van der Waals surface area contributed by atoms with Gasteiger partial charge in [0.1, 0.15) is 6.10 Å². The molecule has 0 heterocycles. The first-order valence-electron chi connectivity index (χ1n) is 25.1. The Hall–Kier alpha value is -1.54. The minimum atomic E-state index is -4.28. The summed E-state index contributed by atoms with van der Waals surface area (Å²) >= 11 is 0. The lowest BCUT2D eigenvalue weighted by Gasteiger charge is -2.20. The van der Waals surface area contributed by atoms with Crippen LogP contribution in [0, 0.1) is 0 Å². The quantitative estimate of drug-likeness (QED) is 0.0269. The van der Waals surface area contributed by atoms with Crippen LogP contribution in [0.2, 0.25) is 0 Å². The van der Waals surface area contributed by atoms with E-state index in [4.69, 9.17) is 24.3 Å². The molecule has 352 valence electrons. The zero-order valence-electron chi connectivity index (χ0n) is 39.2. The maximum atomic E-state index is 12.6. The zero-order chi connectivity index (χ0) is 43.7. The Morgan fingerprint density at radius 1 is 0.500 bits per heavy atom. The van der Waals surface area contributed by atoms with E-state index in [0.29, 0.717) is 13.0 Å². The summed E-state index contributed by atoms with van der Waals surface area (Å²) in [4.78, 5) is 22.6. The first kappa shape index (κ1) is 58.5. The van der Waals surface area contributed by atoms with Crippen LogP contribution in [0.25, 0.3) is 0 Å². The Morgan fingerprint density at radius 2 is 0.883 bits per heavy atom. The van der Waals surface area contributed by atoms with E-state index in [1.807, 2.05) is 0 Å². The van der Waals surface area contributed by atoms with Gasteiger partial charge < -0.3 is 20.1 Å². The van der Waals surface area contributed by atoms with Crippen molar-refractivity contribution in [2.45, 2.75) is 238 Å². The maximum Gasteiger partial charge on any atom is 0.472 e. The van der Waals surface area contributed by atoms with Gasteiger partial charge in [0, 0.05) is 19.6 Å². The van der Waals surface area contributed by atoms with Crippen LogP contribution in [-0.4, -0.2) is 49.9 Å². The zero-order valence-corrected chi connectivity index (χ0v) is 40.1. The molecular formula is C51H96NO7P. The second kappa shape index (κ2) is 48.5. The standard InChI is InChI=1S/C51H96NO7P/c1-3-5-7-9-11-13-15-17-19-21-22-23-24-25-26-27-29-31-33-35-37-39-41-43-46-56-48-50(49-58-60(54,55)57-47-45-52)59-51(53)44-42-40-38-36-34-32-30-28-20-18-16-14-12-10-8-6-4-2/h12,14-15,17-18,20-22,50H,3-11,13,16,19,23-49,52H2,1-2H3,(H,54,55)/b14-12-,17-15-,20-18-,22-21-. The molecule has 0 rings (SSSR count). The largest absolute Gasteiger partial charge is 0.472 e. The molecule has 0 aromatic rings. The molecular weight excluding hydrogens is 770 g/mol. The average molecular weight is 866 g/mol. The Morgan fingerprint density at radius 3 is 1.33 bits per heavy atom. The second-order valence-corrected chi connectivity index (χ2v) is 18.1. The highest BCUT2D eigenvalue weighted by Crippen LogP contribution is 2.43. The van der Waals surface area contributed by atoms with Crippen molar-refractivity contribution in [3.8, 4) is 0 Å². The van der Waals surface area contributed by atoms with Crippen LogP contribution < -0.4 is 5.73 Å². The van der Waals surface area contributed by atoms with Gasteiger partial charge in [0.05, 0.1) is 19.8 Å². The molecule has 0 spiro atoms. The van der Waals surface area contributed by atoms with Gasteiger partial charge in [0.15, 0.2) is 0 Å². The number of carbonyl (C=O) groups excluding carboxylic acids is 1. The van der Waals surface area contributed by atoms with Gasteiger partial charge in [0.2, 0.25) is 0 Å². The van der Waals surface area contributed by atoms with Crippen LogP contribution in [-0.2, 0) is 27.9 Å². The molecule has 0 amide bonds. The Labute approximate surface area is 371 Å². The fourth-order valence-electron chi connectivity index (χ4n) is 7.00. The monoisotopic (exact) mass is 866 g/mol. The minimum absolute atomic E-state index is 0.0979. The molecule has 3 N–H and O–H groups in total. The van der Waals surface area contributed by atoms with E-state index in [2.05, 4.69) is 62.5 Å². The first-order valence-corrected chi connectivity index (χ1v) is 26.6. The molecule has 0 aliphatic carbocycles. The van der Waals surface area contributed by atoms with E-state index in [0.717, 1.165) is 51.4 Å². The summed E-state index contributed by atoms with van der Waals surface area (Å²) in [5.41, 5.74) is 5.38. The number of rotatable bonds is 48. The van der Waals surface area contributed by atoms with E-state index < -0.39 is 13.9 Å². The van der Waals surface area contributed by atoms with Crippen molar-refractivity contribution < 1.29 is 32.8 Å². The molecule has 0 aromatic carbocycles. The number of hydrogen-bond donors (Lipinski definition) is 2. The molecule has 8 nitrogen and oxygen atoms in total. The molecule has 0 aliphatic rings. The smallest absolute Gasteiger partial charge is 0.457 e. The van der Waals surface area contributed by atoms with Gasteiger partial charge in [-0.1, -0.05) is 197 Å². The van der Waals surface area contributed by atoms with Crippen LogP contribution >= 0.6 is 7.82 Å². The van der Waals surface area contributed by atoms with E-state index in [1.165, 1.54) is 161 Å². The normalized spacial score (nSPS) is 13.7. The van der Waals surface area contributed by atoms with Crippen molar-refractivity contribution in [1.82, 2.24) is 0 Å². The third kappa shape index (κ3) is 47.5. The number of ether oxygens (including phenoxy) is 2. The summed E-state index contributed by atoms with van der Waals surface area (Å²) in [6.07, 6.45) is 58.5. The number of nitrogens with two attached hydrogens (primary N) is 1. The van der Waals surface area contributed by atoms with Crippen LogP contribution in [0.1, 0.15) is 232 Å². The lowest BCUT2D eigenvalue weighted by Crippen LogP contribution is -2.28. The summed E-state index contributed by atoms with van der Waals surface area (Å²) in [6.45, 7) is 4.90. The Kier molecular flexibility index (Phi) is 47.2. The lowest BCUT2D eigenvalue weighted by molar-refractivity contribution is -0.154. The first-order chi connectivity index (χ1) is 29.4. The van der Waals surface area contributed by atoms with E-state index in [1.54, 1.807) is 0 Å². The van der Waals surface area contributed by atoms with Gasteiger partial charge >= 0.3 is 13.8 Å². The van der Waals surface area contributed by atoms with Crippen molar-refractivity contribution >= 4 is 13.8 Å². The number of esters is 1. The Balaban J connectivity index is 3.94. The molecule has 0 aliphatic heterocycles.